The minimum absolute atomic E-state index is 0.0533. The zero-order chi connectivity index (χ0) is 15.9. The van der Waals surface area contributed by atoms with E-state index in [1.54, 1.807) is 4.90 Å². The van der Waals surface area contributed by atoms with Crippen molar-refractivity contribution in [2.24, 2.45) is 5.92 Å². The van der Waals surface area contributed by atoms with Crippen molar-refractivity contribution in [3.8, 4) is 0 Å². The van der Waals surface area contributed by atoms with Crippen molar-refractivity contribution in [1.29, 1.82) is 0 Å². The van der Waals surface area contributed by atoms with E-state index >= 15 is 0 Å². The van der Waals surface area contributed by atoms with Crippen LogP contribution in [0.5, 0.6) is 0 Å². The van der Waals surface area contributed by atoms with Gasteiger partial charge in [-0.25, -0.2) is 0 Å². The quantitative estimate of drug-likeness (QED) is 0.740. The molecular weight excluding hydrogens is 266 g/mol. The zero-order valence-electron chi connectivity index (χ0n) is 13.9. The maximum absolute atomic E-state index is 12.8. The monoisotopic (exact) mass is 297 g/mol. The number of carboxylic acid groups (broad SMARTS) is 1. The number of carbonyl (C=O) groups is 2. The van der Waals surface area contributed by atoms with E-state index in [0.717, 1.165) is 57.8 Å². The maximum Gasteiger partial charge on any atom is 0.305 e. The average Bonchev–Trinajstić information content (AvgIpc) is 2.45. The van der Waals surface area contributed by atoms with Gasteiger partial charge in [-0.1, -0.05) is 46.0 Å². The standard InChI is InChI=1S/C17H31NO3/c1-4-9-14(10-5-2)16(21)18(3)17(13-15(19)20)11-7-6-8-12-17/h14H,4-13H2,1-3H3,(H,19,20). The van der Waals surface area contributed by atoms with E-state index in [1.165, 1.54) is 0 Å². The summed E-state index contributed by atoms with van der Waals surface area (Å²) in [7, 11) is 1.83. The molecular formula is C17H31NO3. The lowest BCUT2D eigenvalue weighted by atomic mass is 9.77. The molecule has 1 fully saturated rings. The molecule has 122 valence electrons. The molecule has 0 aliphatic heterocycles. The lowest BCUT2D eigenvalue weighted by Gasteiger charge is -2.45. The van der Waals surface area contributed by atoms with Gasteiger partial charge in [0.25, 0.3) is 0 Å². The first-order valence-corrected chi connectivity index (χ1v) is 8.46. The molecule has 0 unspecified atom stereocenters. The lowest BCUT2D eigenvalue weighted by Crippen LogP contribution is -2.53. The molecule has 0 spiro atoms. The summed E-state index contributed by atoms with van der Waals surface area (Å²) in [6.45, 7) is 4.20. The van der Waals surface area contributed by atoms with E-state index in [2.05, 4.69) is 13.8 Å². The van der Waals surface area contributed by atoms with E-state index in [0.29, 0.717) is 0 Å². The third-order valence-electron chi connectivity index (χ3n) is 4.93. The highest BCUT2D eigenvalue weighted by Gasteiger charge is 2.41. The van der Waals surface area contributed by atoms with E-state index < -0.39 is 11.5 Å². The Labute approximate surface area is 128 Å². The predicted molar refractivity (Wildman–Crippen MR) is 84.1 cm³/mol. The molecule has 1 N–H and O–H groups in total. The maximum atomic E-state index is 12.8. The van der Waals surface area contributed by atoms with Crippen LogP contribution in [0.4, 0.5) is 0 Å². The number of hydrogen-bond donors (Lipinski definition) is 1. The first kappa shape index (κ1) is 18.0. The van der Waals surface area contributed by atoms with E-state index in [4.69, 9.17) is 0 Å². The molecule has 1 aliphatic rings. The van der Waals surface area contributed by atoms with Gasteiger partial charge in [0.15, 0.2) is 0 Å². The van der Waals surface area contributed by atoms with Crippen LogP contribution in [-0.4, -0.2) is 34.5 Å². The fourth-order valence-electron chi connectivity index (χ4n) is 3.72. The Morgan fingerprint density at radius 2 is 1.62 bits per heavy atom. The Kier molecular flexibility index (Phi) is 7.20. The summed E-state index contributed by atoms with van der Waals surface area (Å²) in [6.07, 6.45) is 8.73. The van der Waals surface area contributed by atoms with Crippen LogP contribution >= 0.6 is 0 Å². The Morgan fingerprint density at radius 3 is 2.05 bits per heavy atom. The second kappa shape index (κ2) is 8.40. The van der Waals surface area contributed by atoms with Gasteiger partial charge in [0.05, 0.1) is 12.0 Å². The zero-order valence-corrected chi connectivity index (χ0v) is 13.9. The topological polar surface area (TPSA) is 57.6 Å². The van der Waals surface area contributed by atoms with Gasteiger partial charge in [-0.3, -0.25) is 9.59 Å². The SMILES string of the molecule is CCCC(CCC)C(=O)N(C)C1(CC(=O)O)CCCCC1. The molecule has 0 saturated heterocycles. The number of aliphatic carboxylic acids is 1. The molecule has 0 heterocycles. The molecule has 4 heteroatoms. The van der Waals surface area contributed by atoms with Gasteiger partial charge in [0.2, 0.25) is 5.91 Å². The van der Waals surface area contributed by atoms with Crippen molar-refractivity contribution in [3.63, 3.8) is 0 Å². The normalized spacial score (nSPS) is 17.7. The van der Waals surface area contributed by atoms with Crippen LogP contribution in [0.1, 0.15) is 78.1 Å². The molecule has 1 saturated carbocycles. The highest BCUT2D eigenvalue weighted by molar-refractivity contribution is 5.80. The third-order valence-corrected chi connectivity index (χ3v) is 4.93. The minimum atomic E-state index is -0.793. The molecule has 0 radical (unpaired) electrons. The minimum Gasteiger partial charge on any atom is -0.481 e. The molecule has 4 nitrogen and oxygen atoms in total. The van der Waals surface area contributed by atoms with Crippen molar-refractivity contribution in [1.82, 2.24) is 4.90 Å². The van der Waals surface area contributed by atoms with Crippen molar-refractivity contribution >= 4 is 11.9 Å². The average molecular weight is 297 g/mol. The summed E-state index contributed by atoms with van der Waals surface area (Å²) in [5, 5.41) is 9.27. The van der Waals surface area contributed by atoms with Crippen LogP contribution in [0, 0.1) is 5.92 Å². The summed E-state index contributed by atoms with van der Waals surface area (Å²) < 4.78 is 0. The summed E-state index contributed by atoms with van der Waals surface area (Å²) in [5.41, 5.74) is -0.457. The van der Waals surface area contributed by atoms with E-state index in [-0.39, 0.29) is 18.2 Å². The van der Waals surface area contributed by atoms with Gasteiger partial charge >= 0.3 is 5.97 Å². The van der Waals surface area contributed by atoms with Crippen molar-refractivity contribution in [2.75, 3.05) is 7.05 Å². The van der Waals surface area contributed by atoms with Crippen LogP contribution < -0.4 is 0 Å². The Morgan fingerprint density at radius 1 is 1.10 bits per heavy atom. The molecule has 0 bridgehead atoms. The predicted octanol–water partition coefficient (Wildman–Crippen LogP) is 3.84. The summed E-state index contributed by atoms with van der Waals surface area (Å²) in [4.78, 5) is 25.9. The van der Waals surface area contributed by atoms with Gasteiger partial charge in [-0.15, -0.1) is 0 Å². The first-order valence-electron chi connectivity index (χ1n) is 8.46. The number of rotatable bonds is 8. The fraction of sp³-hybridized carbons (Fsp3) is 0.882. The van der Waals surface area contributed by atoms with Crippen LogP contribution in [0.25, 0.3) is 0 Å². The molecule has 1 amide bonds. The largest absolute Gasteiger partial charge is 0.481 e. The molecule has 0 aromatic heterocycles. The van der Waals surface area contributed by atoms with Gasteiger partial charge in [-0.2, -0.15) is 0 Å². The molecule has 0 atom stereocenters. The number of carbonyl (C=O) groups excluding carboxylic acids is 1. The molecule has 0 aromatic rings. The highest BCUT2D eigenvalue weighted by Crippen LogP contribution is 2.37. The van der Waals surface area contributed by atoms with Gasteiger partial charge in [0, 0.05) is 13.0 Å². The molecule has 0 aromatic carbocycles. The molecule has 1 rings (SSSR count). The van der Waals surface area contributed by atoms with Crippen LogP contribution in [0.3, 0.4) is 0 Å². The number of hydrogen-bond acceptors (Lipinski definition) is 2. The van der Waals surface area contributed by atoms with Crippen LogP contribution in [0.15, 0.2) is 0 Å². The third kappa shape index (κ3) is 4.72. The van der Waals surface area contributed by atoms with E-state index in [9.17, 15) is 14.7 Å². The van der Waals surface area contributed by atoms with E-state index in [1.807, 2.05) is 7.05 Å². The lowest BCUT2D eigenvalue weighted by molar-refractivity contribution is -0.148. The Bertz CT molecular complexity index is 342. The first-order chi connectivity index (χ1) is 9.96. The Hall–Kier alpha value is -1.06. The Balaban J connectivity index is 2.89. The summed E-state index contributed by atoms with van der Waals surface area (Å²) in [6, 6.07) is 0. The van der Waals surface area contributed by atoms with Gasteiger partial charge < -0.3 is 10.0 Å². The van der Waals surface area contributed by atoms with Crippen molar-refractivity contribution in [3.05, 3.63) is 0 Å². The molecule has 1 aliphatic carbocycles. The fourth-order valence-corrected chi connectivity index (χ4v) is 3.72. The smallest absolute Gasteiger partial charge is 0.305 e. The second-order valence-corrected chi connectivity index (χ2v) is 6.53. The number of carboxylic acids is 1. The summed E-state index contributed by atoms with van der Waals surface area (Å²) in [5.74, 6) is -0.585. The van der Waals surface area contributed by atoms with Crippen molar-refractivity contribution in [2.45, 2.75) is 83.6 Å². The molecule has 21 heavy (non-hydrogen) atoms. The van der Waals surface area contributed by atoms with Crippen LogP contribution in [0.2, 0.25) is 0 Å². The van der Waals surface area contributed by atoms with Crippen molar-refractivity contribution < 1.29 is 14.7 Å². The number of amides is 1. The van der Waals surface area contributed by atoms with Gasteiger partial charge in [-0.05, 0) is 25.7 Å². The second-order valence-electron chi connectivity index (χ2n) is 6.53. The summed E-state index contributed by atoms with van der Waals surface area (Å²) >= 11 is 0. The van der Waals surface area contributed by atoms with Gasteiger partial charge in [0.1, 0.15) is 0 Å². The highest BCUT2D eigenvalue weighted by atomic mass is 16.4. The van der Waals surface area contributed by atoms with Crippen LogP contribution in [-0.2, 0) is 9.59 Å². The number of nitrogens with zero attached hydrogens (tertiary/aromatic N) is 1.